The van der Waals surface area contributed by atoms with E-state index in [9.17, 15) is 5.11 Å². The van der Waals surface area contributed by atoms with Gasteiger partial charge in [0, 0.05) is 23.7 Å². The van der Waals surface area contributed by atoms with Crippen molar-refractivity contribution >= 4 is 0 Å². The summed E-state index contributed by atoms with van der Waals surface area (Å²) >= 11 is 0. The number of ether oxygens (including phenoxy) is 1. The van der Waals surface area contributed by atoms with Crippen LogP contribution in [0.2, 0.25) is 0 Å². The van der Waals surface area contributed by atoms with Gasteiger partial charge in [-0.2, -0.15) is 0 Å². The van der Waals surface area contributed by atoms with Crippen LogP contribution in [0, 0.1) is 6.92 Å². The van der Waals surface area contributed by atoms with Gasteiger partial charge in [0.05, 0.1) is 12.2 Å². The summed E-state index contributed by atoms with van der Waals surface area (Å²) in [7, 11) is 0. The molecule has 0 spiro atoms. The van der Waals surface area contributed by atoms with Crippen LogP contribution in [0.3, 0.4) is 0 Å². The van der Waals surface area contributed by atoms with Crippen molar-refractivity contribution < 1.29 is 9.84 Å². The molecule has 0 radical (unpaired) electrons. The van der Waals surface area contributed by atoms with Crippen LogP contribution in [-0.2, 0) is 6.42 Å². The summed E-state index contributed by atoms with van der Waals surface area (Å²) in [4.78, 5) is 4.61. The number of nitrogens with zero attached hydrogens (tertiary/aromatic N) is 1. The molecule has 128 valence electrons. The molecular formula is C21H27NO2. The van der Waals surface area contributed by atoms with Gasteiger partial charge in [0.1, 0.15) is 0 Å². The molecule has 3 nitrogen and oxygen atoms in total. The predicted molar refractivity (Wildman–Crippen MR) is 97.6 cm³/mol. The van der Waals surface area contributed by atoms with Crippen LogP contribution >= 0.6 is 0 Å². The van der Waals surface area contributed by atoms with Crippen molar-refractivity contribution in [1.29, 1.82) is 0 Å². The largest absolute Gasteiger partial charge is 0.478 e. The molecule has 2 aromatic rings. The SMILES string of the molecule is Cc1nc(OCCC(C)(C)O)ccc1-c1cccc2c1CC[C@H]2C. The first-order valence-corrected chi connectivity index (χ1v) is 8.80. The first-order valence-electron chi connectivity index (χ1n) is 8.80. The van der Waals surface area contributed by atoms with Crippen LogP contribution in [-0.4, -0.2) is 22.3 Å². The number of rotatable bonds is 5. The Bertz CT molecular complexity index is 731. The minimum Gasteiger partial charge on any atom is -0.478 e. The number of pyridine rings is 1. The van der Waals surface area contributed by atoms with E-state index in [0.29, 0.717) is 24.8 Å². The van der Waals surface area contributed by atoms with Gasteiger partial charge in [0.2, 0.25) is 5.88 Å². The number of fused-ring (bicyclic) bond motifs is 1. The molecule has 1 heterocycles. The van der Waals surface area contributed by atoms with Crippen molar-refractivity contribution in [2.45, 2.75) is 58.5 Å². The molecule has 1 N–H and O–H groups in total. The van der Waals surface area contributed by atoms with E-state index in [1.807, 2.05) is 13.0 Å². The third-order valence-corrected chi connectivity index (χ3v) is 4.88. The van der Waals surface area contributed by atoms with E-state index in [1.165, 1.54) is 28.7 Å². The lowest BCUT2D eigenvalue weighted by molar-refractivity contribution is 0.0547. The third-order valence-electron chi connectivity index (χ3n) is 4.88. The summed E-state index contributed by atoms with van der Waals surface area (Å²) in [5.74, 6) is 1.28. The third kappa shape index (κ3) is 3.62. The monoisotopic (exact) mass is 325 g/mol. The molecule has 24 heavy (non-hydrogen) atoms. The number of aryl methyl sites for hydroxylation is 1. The highest BCUT2D eigenvalue weighted by Crippen LogP contribution is 2.39. The molecule has 1 aliphatic carbocycles. The van der Waals surface area contributed by atoms with Crippen LogP contribution < -0.4 is 4.74 Å². The maximum Gasteiger partial charge on any atom is 0.213 e. The highest BCUT2D eigenvalue weighted by Gasteiger charge is 2.22. The Balaban J connectivity index is 1.82. The first kappa shape index (κ1) is 17.0. The van der Waals surface area contributed by atoms with Crippen LogP contribution in [0.5, 0.6) is 5.88 Å². The number of aromatic nitrogens is 1. The smallest absolute Gasteiger partial charge is 0.213 e. The Morgan fingerprint density at radius 1 is 1.21 bits per heavy atom. The van der Waals surface area contributed by atoms with E-state index in [4.69, 9.17) is 4.74 Å². The molecule has 0 bridgehead atoms. The molecule has 0 unspecified atom stereocenters. The van der Waals surface area contributed by atoms with E-state index in [2.05, 4.69) is 36.2 Å². The molecule has 1 aliphatic rings. The molecule has 3 rings (SSSR count). The van der Waals surface area contributed by atoms with Crippen molar-refractivity contribution in [2.24, 2.45) is 0 Å². The van der Waals surface area contributed by atoms with Crippen LogP contribution in [0.1, 0.15) is 56.4 Å². The summed E-state index contributed by atoms with van der Waals surface area (Å²) in [6.07, 6.45) is 2.96. The summed E-state index contributed by atoms with van der Waals surface area (Å²) in [5, 5.41) is 9.75. The zero-order valence-electron chi connectivity index (χ0n) is 15.1. The van der Waals surface area contributed by atoms with Crippen molar-refractivity contribution in [2.75, 3.05) is 6.61 Å². The van der Waals surface area contributed by atoms with E-state index < -0.39 is 5.60 Å². The molecule has 1 atom stereocenters. The highest BCUT2D eigenvalue weighted by atomic mass is 16.5. The van der Waals surface area contributed by atoms with Gasteiger partial charge < -0.3 is 9.84 Å². The topological polar surface area (TPSA) is 42.4 Å². The van der Waals surface area contributed by atoms with Gasteiger partial charge in [-0.05, 0) is 62.3 Å². The van der Waals surface area contributed by atoms with Crippen LogP contribution in [0.25, 0.3) is 11.1 Å². The lowest BCUT2D eigenvalue weighted by atomic mass is 9.94. The number of aliphatic hydroxyl groups is 1. The fraction of sp³-hybridized carbons (Fsp3) is 0.476. The molecule has 0 fully saturated rings. The number of benzene rings is 1. The average Bonchev–Trinajstić information content (AvgIpc) is 2.88. The lowest BCUT2D eigenvalue weighted by Gasteiger charge is -2.17. The molecule has 0 saturated heterocycles. The average molecular weight is 325 g/mol. The van der Waals surface area contributed by atoms with Crippen LogP contribution in [0.15, 0.2) is 30.3 Å². The van der Waals surface area contributed by atoms with E-state index >= 15 is 0 Å². The van der Waals surface area contributed by atoms with E-state index in [1.54, 1.807) is 13.8 Å². The Labute approximate surface area is 144 Å². The van der Waals surface area contributed by atoms with Gasteiger partial charge in [-0.25, -0.2) is 4.98 Å². The molecular weight excluding hydrogens is 298 g/mol. The predicted octanol–water partition coefficient (Wildman–Crippen LogP) is 4.65. The Kier molecular flexibility index (Phi) is 4.64. The van der Waals surface area contributed by atoms with Gasteiger partial charge in [0.25, 0.3) is 0 Å². The number of hydrogen-bond donors (Lipinski definition) is 1. The molecule has 0 amide bonds. The van der Waals surface area contributed by atoms with Crippen molar-refractivity contribution in [3.05, 3.63) is 47.2 Å². The summed E-state index contributed by atoms with van der Waals surface area (Å²) < 4.78 is 5.69. The Hall–Kier alpha value is -1.87. The van der Waals surface area contributed by atoms with Gasteiger partial charge in [0.15, 0.2) is 0 Å². The standard InChI is InChI=1S/C21H27NO2/c1-14-8-9-19-16(14)6-5-7-18(19)17-10-11-20(22-15(17)2)24-13-12-21(3,4)23/h5-7,10-11,14,23H,8-9,12-13H2,1-4H3/t14-/m1/s1. The minimum absolute atomic E-state index is 0.466. The first-order chi connectivity index (χ1) is 11.3. The second kappa shape index (κ2) is 6.56. The van der Waals surface area contributed by atoms with Crippen molar-refractivity contribution in [1.82, 2.24) is 4.98 Å². The van der Waals surface area contributed by atoms with Crippen LogP contribution in [0.4, 0.5) is 0 Å². The molecule has 3 heteroatoms. The fourth-order valence-electron chi connectivity index (χ4n) is 3.42. The van der Waals surface area contributed by atoms with Gasteiger partial charge in [-0.1, -0.05) is 25.1 Å². The number of hydrogen-bond acceptors (Lipinski definition) is 3. The fourth-order valence-corrected chi connectivity index (χ4v) is 3.42. The maximum atomic E-state index is 9.75. The van der Waals surface area contributed by atoms with Gasteiger partial charge >= 0.3 is 0 Å². The van der Waals surface area contributed by atoms with Crippen molar-refractivity contribution in [3.8, 4) is 17.0 Å². The normalized spacial score (nSPS) is 17.0. The van der Waals surface area contributed by atoms with Crippen molar-refractivity contribution in [3.63, 3.8) is 0 Å². The van der Waals surface area contributed by atoms with Gasteiger partial charge in [-0.3, -0.25) is 0 Å². The molecule has 1 aromatic heterocycles. The summed E-state index contributed by atoms with van der Waals surface area (Å²) in [6.45, 7) is 8.38. The Morgan fingerprint density at radius 3 is 2.71 bits per heavy atom. The molecule has 1 aromatic carbocycles. The summed E-state index contributed by atoms with van der Waals surface area (Å²) in [5.41, 5.74) is 5.74. The summed E-state index contributed by atoms with van der Waals surface area (Å²) in [6, 6.07) is 10.7. The second-order valence-electron chi connectivity index (χ2n) is 7.51. The quantitative estimate of drug-likeness (QED) is 0.870. The van der Waals surface area contributed by atoms with Gasteiger partial charge in [-0.15, -0.1) is 0 Å². The maximum absolute atomic E-state index is 9.75. The van der Waals surface area contributed by atoms with E-state index in [-0.39, 0.29) is 0 Å². The lowest BCUT2D eigenvalue weighted by Crippen LogP contribution is -2.22. The second-order valence-corrected chi connectivity index (χ2v) is 7.51. The minimum atomic E-state index is -0.712. The molecule has 0 saturated carbocycles. The van der Waals surface area contributed by atoms with E-state index in [0.717, 1.165) is 12.1 Å². The zero-order valence-corrected chi connectivity index (χ0v) is 15.1. The Morgan fingerprint density at radius 2 is 2.00 bits per heavy atom. The zero-order chi connectivity index (χ0) is 17.3. The molecule has 0 aliphatic heterocycles. The highest BCUT2D eigenvalue weighted by molar-refractivity contribution is 5.72.